The molecule has 1 aromatic heterocycles. The van der Waals surface area contributed by atoms with E-state index in [0.717, 1.165) is 6.20 Å². The molecule has 0 radical (unpaired) electrons. The molecule has 88 valence electrons. The average molecular weight is 246 g/mol. The topological polar surface area (TPSA) is 109 Å². The van der Waals surface area contributed by atoms with Crippen LogP contribution in [0.4, 0.5) is 0 Å². The van der Waals surface area contributed by atoms with Gasteiger partial charge in [0.15, 0.2) is 6.61 Å². The number of aryl methyl sites for hydroxylation is 1. The highest BCUT2D eigenvalue weighted by atomic mass is 32.2. The van der Waals surface area contributed by atoms with Crippen molar-refractivity contribution in [1.29, 1.82) is 0 Å². The molecule has 0 bridgehead atoms. The molecule has 16 heavy (non-hydrogen) atoms. The Balaban J connectivity index is 2.55. The van der Waals surface area contributed by atoms with Crippen LogP contribution >= 0.6 is 0 Å². The molecule has 0 fully saturated rings. The molecule has 0 spiro atoms. The Labute approximate surface area is 91.7 Å². The lowest BCUT2D eigenvalue weighted by molar-refractivity contribution is 0.0647. The summed E-state index contributed by atoms with van der Waals surface area (Å²) in [5, 5.41) is 12.5. The first-order valence-corrected chi connectivity index (χ1v) is 5.92. The maximum absolute atomic E-state index is 11.3. The maximum atomic E-state index is 11.3. The number of hydrogen-bond donors (Lipinski definition) is 1. The van der Waals surface area contributed by atoms with Gasteiger partial charge >= 0.3 is 0 Å². The van der Waals surface area contributed by atoms with Crippen LogP contribution in [-0.2, 0) is 26.6 Å². The third-order valence-electron chi connectivity index (χ3n) is 1.98. The summed E-state index contributed by atoms with van der Waals surface area (Å²) in [6, 6.07) is 0. The summed E-state index contributed by atoms with van der Waals surface area (Å²) in [6.07, 6.45) is 1.14. The van der Waals surface area contributed by atoms with E-state index >= 15 is 0 Å². The lowest BCUT2D eigenvalue weighted by Crippen LogP contribution is -2.23. The van der Waals surface area contributed by atoms with Gasteiger partial charge < -0.3 is 9.57 Å². The fraction of sp³-hybridized carbons (Fsp3) is 0.429. The van der Waals surface area contributed by atoms with Gasteiger partial charge in [0.2, 0.25) is 10.0 Å². The first kappa shape index (κ1) is 10.9. The predicted molar refractivity (Wildman–Crippen MR) is 53.0 cm³/mol. The standard InChI is InChI=1S/C7H10N4O4S/c1-11-6(7-10-15-3-2-14-7)5(4-9-11)16(8,12)13/h4H,2-3H2,1H3,(H2,8,12,13). The predicted octanol–water partition coefficient (Wildman–Crippen LogP) is -1.22. The largest absolute Gasteiger partial charge is 0.470 e. The average Bonchev–Trinajstić information content (AvgIpc) is 2.61. The second kappa shape index (κ2) is 3.76. The van der Waals surface area contributed by atoms with Crippen LogP contribution in [0.25, 0.3) is 0 Å². The Kier molecular flexibility index (Phi) is 2.56. The Hall–Kier alpha value is -1.61. The zero-order valence-electron chi connectivity index (χ0n) is 8.45. The third kappa shape index (κ3) is 1.86. The van der Waals surface area contributed by atoms with Crippen molar-refractivity contribution in [2.75, 3.05) is 13.2 Å². The molecule has 0 amide bonds. The van der Waals surface area contributed by atoms with Crippen LogP contribution in [0.15, 0.2) is 16.2 Å². The molecule has 9 heteroatoms. The highest BCUT2D eigenvalue weighted by Crippen LogP contribution is 2.16. The molecule has 0 saturated heterocycles. The normalized spacial score (nSPS) is 16.2. The smallest absolute Gasteiger partial charge is 0.277 e. The second-order valence-electron chi connectivity index (χ2n) is 3.10. The van der Waals surface area contributed by atoms with Crippen LogP contribution < -0.4 is 5.14 Å². The van der Waals surface area contributed by atoms with Gasteiger partial charge in [0.1, 0.15) is 17.2 Å². The van der Waals surface area contributed by atoms with Gasteiger partial charge in [-0.1, -0.05) is 0 Å². The third-order valence-corrected chi connectivity index (χ3v) is 2.89. The van der Waals surface area contributed by atoms with E-state index in [0.29, 0.717) is 13.2 Å². The molecule has 1 aromatic rings. The fourth-order valence-corrected chi connectivity index (χ4v) is 1.97. The molecule has 2 N–H and O–H groups in total. The first-order valence-electron chi connectivity index (χ1n) is 4.38. The van der Waals surface area contributed by atoms with E-state index in [9.17, 15) is 8.42 Å². The van der Waals surface area contributed by atoms with Crippen molar-refractivity contribution in [2.24, 2.45) is 17.3 Å². The van der Waals surface area contributed by atoms with Crippen molar-refractivity contribution in [1.82, 2.24) is 9.78 Å². The molecular weight excluding hydrogens is 236 g/mol. The molecule has 2 heterocycles. The molecule has 0 saturated carbocycles. The molecular formula is C7H10N4O4S. The summed E-state index contributed by atoms with van der Waals surface area (Å²) >= 11 is 0. The molecule has 1 aliphatic rings. The fourth-order valence-electron chi connectivity index (χ4n) is 1.29. The summed E-state index contributed by atoms with van der Waals surface area (Å²) < 4.78 is 29.1. The second-order valence-corrected chi connectivity index (χ2v) is 4.63. The Bertz CT molecular complexity index is 533. The number of primary sulfonamides is 1. The monoisotopic (exact) mass is 246 g/mol. The molecule has 0 aromatic carbocycles. The van der Waals surface area contributed by atoms with Crippen LogP contribution in [0.3, 0.4) is 0 Å². The molecule has 0 atom stereocenters. The van der Waals surface area contributed by atoms with E-state index in [2.05, 4.69) is 10.3 Å². The highest BCUT2D eigenvalue weighted by Gasteiger charge is 2.25. The Morgan fingerprint density at radius 2 is 2.25 bits per heavy atom. The quantitative estimate of drug-likeness (QED) is 0.703. The minimum absolute atomic E-state index is 0.0651. The van der Waals surface area contributed by atoms with Crippen LogP contribution in [0.1, 0.15) is 5.69 Å². The SMILES string of the molecule is Cn1ncc(S(N)(=O)=O)c1C1=NOCCO1. The van der Waals surface area contributed by atoms with Crippen molar-refractivity contribution in [3.8, 4) is 0 Å². The number of nitrogens with zero attached hydrogens (tertiary/aromatic N) is 3. The van der Waals surface area contributed by atoms with E-state index in [-0.39, 0.29) is 16.5 Å². The number of rotatable bonds is 2. The van der Waals surface area contributed by atoms with Crippen molar-refractivity contribution in [3.05, 3.63) is 11.9 Å². The zero-order valence-corrected chi connectivity index (χ0v) is 9.27. The van der Waals surface area contributed by atoms with E-state index < -0.39 is 10.0 Å². The Morgan fingerprint density at radius 3 is 2.81 bits per heavy atom. The molecule has 1 aliphatic heterocycles. The van der Waals surface area contributed by atoms with E-state index in [4.69, 9.17) is 14.7 Å². The summed E-state index contributed by atoms with van der Waals surface area (Å²) in [7, 11) is -2.30. The summed E-state index contributed by atoms with van der Waals surface area (Å²) in [5.41, 5.74) is 0.183. The minimum atomic E-state index is -3.86. The van der Waals surface area contributed by atoms with Gasteiger partial charge in [-0.2, -0.15) is 5.10 Å². The minimum Gasteiger partial charge on any atom is -0.470 e. The highest BCUT2D eigenvalue weighted by molar-refractivity contribution is 7.89. The molecule has 2 rings (SSSR count). The van der Waals surface area contributed by atoms with Crippen molar-refractivity contribution in [2.45, 2.75) is 4.90 Å². The lowest BCUT2D eigenvalue weighted by atomic mass is 10.4. The summed E-state index contributed by atoms with van der Waals surface area (Å²) in [4.78, 5) is 4.68. The van der Waals surface area contributed by atoms with Gasteiger partial charge in [0.25, 0.3) is 5.90 Å². The van der Waals surface area contributed by atoms with Gasteiger partial charge in [-0.25, -0.2) is 13.6 Å². The maximum Gasteiger partial charge on any atom is 0.277 e. The number of aromatic nitrogens is 2. The number of oxime groups is 1. The van der Waals surface area contributed by atoms with Gasteiger partial charge in [0.05, 0.1) is 6.20 Å². The van der Waals surface area contributed by atoms with Crippen LogP contribution in [-0.4, -0.2) is 37.3 Å². The van der Waals surface area contributed by atoms with Gasteiger partial charge in [-0.15, -0.1) is 0 Å². The summed E-state index contributed by atoms with van der Waals surface area (Å²) in [5.74, 6) is 0.0651. The van der Waals surface area contributed by atoms with E-state index in [1.165, 1.54) is 4.68 Å². The number of sulfonamides is 1. The Morgan fingerprint density at radius 1 is 1.50 bits per heavy atom. The van der Waals surface area contributed by atoms with E-state index in [1.54, 1.807) is 7.05 Å². The van der Waals surface area contributed by atoms with Gasteiger partial charge in [0, 0.05) is 7.05 Å². The van der Waals surface area contributed by atoms with Crippen molar-refractivity contribution in [3.63, 3.8) is 0 Å². The number of ether oxygens (including phenoxy) is 1. The van der Waals surface area contributed by atoms with Crippen LogP contribution in [0.5, 0.6) is 0 Å². The van der Waals surface area contributed by atoms with Crippen molar-refractivity contribution < 1.29 is 18.0 Å². The lowest BCUT2D eigenvalue weighted by Gasteiger charge is -2.14. The summed E-state index contributed by atoms with van der Waals surface area (Å²) in [6.45, 7) is 0.625. The number of hydrogen-bond acceptors (Lipinski definition) is 6. The number of nitrogens with two attached hydrogens (primary N) is 1. The van der Waals surface area contributed by atoms with E-state index in [1.807, 2.05) is 0 Å². The molecule has 0 unspecified atom stereocenters. The first-order chi connectivity index (χ1) is 7.50. The van der Waals surface area contributed by atoms with Crippen LogP contribution in [0, 0.1) is 0 Å². The molecule has 8 nitrogen and oxygen atoms in total. The zero-order chi connectivity index (χ0) is 11.8. The molecule has 0 aliphatic carbocycles. The van der Waals surface area contributed by atoms with Crippen molar-refractivity contribution >= 4 is 15.9 Å². The van der Waals surface area contributed by atoms with Crippen LogP contribution in [0.2, 0.25) is 0 Å². The van der Waals surface area contributed by atoms with Gasteiger partial charge in [-0.3, -0.25) is 4.68 Å². The van der Waals surface area contributed by atoms with Gasteiger partial charge in [-0.05, 0) is 5.16 Å².